The average molecular weight is 238 g/mol. The molecule has 0 aromatic carbocycles. The van der Waals surface area contributed by atoms with Crippen molar-refractivity contribution in [3.05, 3.63) is 17.3 Å². The first-order valence-corrected chi connectivity index (χ1v) is 5.89. The first-order chi connectivity index (χ1) is 6.36. The fourth-order valence-corrected chi connectivity index (χ4v) is 1.76. The number of hydrogen-bond donors (Lipinski definition) is 1. The molecule has 0 aliphatic heterocycles. The summed E-state index contributed by atoms with van der Waals surface area (Å²) in [5, 5.41) is -0.211. The van der Waals surface area contributed by atoms with E-state index < -0.39 is 15.0 Å². The van der Waals surface area contributed by atoms with Crippen molar-refractivity contribution in [2.75, 3.05) is 7.11 Å². The van der Waals surface area contributed by atoms with Gasteiger partial charge in [0.25, 0.3) is 9.05 Å². The van der Waals surface area contributed by atoms with Gasteiger partial charge in [0.15, 0.2) is 0 Å². The summed E-state index contributed by atoms with van der Waals surface area (Å²) in [6.07, 6.45) is 0. The molecular weight excluding hydrogens is 230 g/mol. The maximum atomic E-state index is 11.1. The molecule has 0 fully saturated rings. The smallest absolute Gasteiger partial charge is 0.354 e. The van der Waals surface area contributed by atoms with Gasteiger partial charge in [-0.15, -0.1) is 0 Å². The van der Waals surface area contributed by atoms with Crippen LogP contribution in [0.1, 0.15) is 16.1 Å². The SMILES string of the molecule is COC(=O)c1[nH]c(S(=O)(=O)Cl)cc1C. The lowest BCUT2D eigenvalue weighted by Crippen LogP contribution is -2.03. The highest BCUT2D eigenvalue weighted by molar-refractivity contribution is 8.13. The van der Waals surface area contributed by atoms with Gasteiger partial charge in [-0.1, -0.05) is 0 Å². The molecule has 1 aromatic heterocycles. The molecule has 0 bridgehead atoms. The molecule has 0 saturated heterocycles. The van der Waals surface area contributed by atoms with E-state index in [0.717, 1.165) is 0 Å². The average Bonchev–Trinajstić information content (AvgIpc) is 2.45. The third-order valence-electron chi connectivity index (χ3n) is 1.64. The second-order valence-corrected chi connectivity index (χ2v) is 5.16. The summed E-state index contributed by atoms with van der Waals surface area (Å²) in [6, 6.07) is 1.27. The van der Waals surface area contributed by atoms with Gasteiger partial charge in [0.05, 0.1) is 7.11 Å². The highest BCUT2D eigenvalue weighted by atomic mass is 35.7. The molecule has 0 atom stereocenters. The van der Waals surface area contributed by atoms with Gasteiger partial charge in [0.1, 0.15) is 10.7 Å². The van der Waals surface area contributed by atoms with E-state index in [-0.39, 0.29) is 10.7 Å². The second kappa shape index (κ2) is 3.62. The Morgan fingerprint density at radius 2 is 2.14 bits per heavy atom. The van der Waals surface area contributed by atoms with Crippen molar-refractivity contribution in [2.24, 2.45) is 0 Å². The van der Waals surface area contributed by atoms with E-state index in [1.165, 1.54) is 13.2 Å². The second-order valence-electron chi connectivity index (χ2n) is 2.62. The molecule has 5 nitrogen and oxygen atoms in total. The predicted octanol–water partition coefficient (Wildman–Crippen LogP) is 1.04. The molecule has 1 aromatic rings. The Kier molecular flexibility index (Phi) is 2.86. The van der Waals surface area contributed by atoms with E-state index in [9.17, 15) is 13.2 Å². The summed E-state index contributed by atoms with van der Waals surface area (Å²) in [6.45, 7) is 1.58. The first kappa shape index (κ1) is 11.1. The van der Waals surface area contributed by atoms with E-state index in [4.69, 9.17) is 10.7 Å². The van der Waals surface area contributed by atoms with Crippen molar-refractivity contribution in [3.8, 4) is 0 Å². The van der Waals surface area contributed by atoms with Crippen LogP contribution in [-0.4, -0.2) is 26.5 Å². The van der Waals surface area contributed by atoms with Crippen LogP contribution in [0.5, 0.6) is 0 Å². The standard InChI is InChI=1S/C7H8ClNO4S/c1-4-3-5(14(8,11)12)9-6(4)7(10)13-2/h3,9H,1-2H3. The molecule has 14 heavy (non-hydrogen) atoms. The fourth-order valence-electron chi connectivity index (χ4n) is 0.972. The predicted molar refractivity (Wildman–Crippen MR) is 49.9 cm³/mol. The number of hydrogen-bond acceptors (Lipinski definition) is 4. The number of rotatable bonds is 2. The third kappa shape index (κ3) is 2.08. The monoisotopic (exact) mass is 237 g/mol. The maximum Gasteiger partial charge on any atom is 0.354 e. The van der Waals surface area contributed by atoms with Gasteiger partial charge in [-0.25, -0.2) is 13.2 Å². The molecule has 0 radical (unpaired) electrons. The summed E-state index contributed by atoms with van der Waals surface area (Å²) in [5.74, 6) is -0.630. The minimum absolute atomic E-state index is 0.0896. The summed E-state index contributed by atoms with van der Waals surface area (Å²) < 4.78 is 26.2. The number of aryl methyl sites for hydroxylation is 1. The number of nitrogens with one attached hydrogen (secondary N) is 1. The number of methoxy groups -OCH3 is 1. The van der Waals surface area contributed by atoms with E-state index in [1.807, 2.05) is 0 Å². The van der Waals surface area contributed by atoms with Gasteiger partial charge in [0, 0.05) is 10.7 Å². The summed E-state index contributed by atoms with van der Waals surface area (Å²) in [7, 11) is 2.45. The molecule has 0 spiro atoms. The van der Waals surface area contributed by atoms with Crippen molar-refractivity contribution in [1.82, 2.24) is 4.98 Å². The number of aromatic amines is 1. The fraction of sp³-hybridized carbons (Fsp3) is 0.286. The lowest BCUT2D eigenvalue weighted by atomic mass is 10.3. The van der Waals surface area contributed by atoms with Crippen molar-refractivity contribution >= 4 is 25.7 Å². The number of carbonyl (C=O) groups excluding carboxylic acids is 1. The van der Waals surface area contributed by atoms with Gasteiger partial charge in [-0.3, -0.25) is 0 Å². The number of esters is 1. The largest absolute Gasteiger partial charge is 0.464 e. The highest BCUT2D eigenvalue weighted by Gasteiger charge is 2.19. The summed E-state index contributed by atoms with van der Waals surface area (Å²) in [5.41, 5.74) is 0.558. The van der Waals surface area contributed by atoms with Crippen LogP contribution < -0.4 is 0 Å². The van der Waals surface area contributed by atoms with Gasteiger partial charge in [-0.2, -0.15) is 0 Å². The molecule has 1 N–H and O–H groups in total. The number of H-pyrrole nitrogens is 1. The molecule has 1 heterocycles. The normalized spacial score (nSPS) is 11.4. The zero-order chi connectivity index (χ0) is 10.9. The van der Waals surface area contributed by atoms with E-state index in [1.54, 1.807) is 6.92 Å². The Morgan fingerprint density at radius 1 is 1.57 bits per heavy atom. The van der Waals surface area contributed by atoms with Crippen LogP contribution >= 0.6 is 10.7 Å². The molecule has 78 valence electrons. The van der Waals surface area contributed by atoms with Gasteiger partial charge in [-0.05, 0) is 18.6 Å². The molecule has 7 heteroatoms. The van der Waals surface area contributed by atoms with Crippen LogP contribution in [0, 0.1) is 6.92 Å². The summed E-state index contributed by atoms with van der Waals surface area (Å²) >= 11 is 0. The number of carbonyl (C=O) groups is 1. The topological polar surface area (TPSA) is 76.2 Å². The van der Waals surface area contributed by atoms with Crippen LogP contribution in [0.2, 0.25) is 0 Å². The van der Waals surface area contributed by atoms with E-state index in [0.29, 0.717) is 5.56 Å². The van der Waals surface area contributed by atoms with Crippen molar-refractivity contribution in [2.45, 2.75) is 11.9 Å². The zero-order valence-electron chi connectivity index (χ0n) is 7.50. The quantitative estimate of drug-likeness (QED) is 0.616. The van der Waals surface area contributed by atoms with Gasteiger partial charge >= 0.3 is 5.97 Å². The molecule has 1 rings (SSSR count). The Bertz CT molecular complexity index is 462. The first-order valence-electron chi connectivity index (χ1n) is 3.59. The number of halogens is 1. The molecule has 0 unspecified atom stereocenters. The van der Waals surface area contributed by atoms with Crippen LogP contribution in [-0.2, 0) is 13.8 Å². The van der Waals surface area contributed by atoms with Crippen molar-refractivity contribution in [1.29, 1.82) is 0 Å². The summed E-state index contributed by atoms with van der Waals surface area (Å²) in [4.78, 5) is 13.5. The highest BCUT2D eigenvalue weighted by Crippen LogP contribution is 2.18. The van der Waals surface area contributed by atoms with E-state index in [2.05, 4.69) is 9.72 Å². The van der Waals surface area contributed by atoms with Gasteiger partial charge < -0.3 is 9.72 Å². The van der Waals surface area contributed by atoms with Crippen molar-refractivity contribution in [3.63, 3.8) is 0 Å². The zero-order valence-corrected chi connectivity index (χ0v) is 9.07. The van der Waals surface area contributed by atoms with Crippen LogP contribution in [0.3, 0.4) is 0 Å². The maximum absolute atomic E-state index is 11.1. The molecule has 0 aliphatic rings. The van der Waals surface area contributed by atoms with Crippen molar-refractivity contribution < 1.29 is 17.9 Å². The molecule has 0 saturated carbocycles. The Balaban J connectivity index is 3.25. The Hall–Kier alpha value is -1.01. The third-order valence-corrected chi connectivity index (χ3v) is 2.89. The minimum Gasteiger partial charge on any atom is -0.464 e. The molecule has 0 aliphatic carbocycles. The number of aromatic nitrogens is 1. The molecular formula is C7H8ClNO4S. The lowest BCUT2D eigenvalue weighted by Gasteiger charge is -1.95. The minimum atomic E-state index is -3.84. The Labute approximate surface area is 85.4 Å². The molecule has 0 amide bonds. The lowest BCUT2D eigenvalue weighted by molar-refractivity contribution is 0.0593. The van der Waals surface area contributed by atoms with Gasteiger partial charge in [0.2, 0.25) is 0 Å². The Morgan fingerprint density at radius 3 is 2.50 bits per heavy atom. The number of ether oxygens (including phenoxy) is 1. The van der Waals surface area contributed by atoms with E-state index >= 15 is 0 Å². The van der Waals surface area contributed by atoms with Crippen LogP contribution in [0.25, 0.3) is 0 Å². The van der Waals surface area contributed by atoms with Crippen LogP contribution in [0.15, 0.2) is 11.1 Å². The van der Waals surface area contributed by atoms with Crippen LogP contribution in [0.4, 0.5) is 0 Å².